The number of pyridine rings is 2. The highest BCUT2D eigenvalue weighted by atomic mass is 35.5. The summed E-state index contributed by atoms with van der Waals surface area (Å²) in [4.78, 5) is 23.6. The lowest BCUT2D eigenvalue weighted by Crippen LogP contribution is -2.39. The fraction of sp³-hybridized carbons (Fsp3) is 0.167. The number of aromatic amines is 2. The van der Waals surface area contributed by atoms with Crippen LogP contribution in [0.4, 0.5) is 4.39 Å². The number of nitrogens with one attached hydrogen (secondary N) is 3. The first kappa shape index (κ1) is 34.6. The molecule has 14 heteroatoms. The Kier molecular flexibility index (Phi) is 10.7. The van der Waals surface area contributed by atoms with E-state index in [4.69, 9.17) is 28.0 Å². The molecule has 50 heavy (non-hydrogen) atoms. The maximum atomic E-state index is 13.6. The van der Waals surface area contributed by atoms with Gasteiger partial charge in [0.2, 0.25) is 24.8 Å². The lowest BCUT2D eigenvalue weighted by Gasteiger charge is -2.23. The van der Waals surface area contributed by atoms with Gasteiger partial charge in [0.1, 0.15) is 18.6 Å². The summed E-state index contributed by atoms with van der Waals surface area (Å²) in [6, 6.07) is 18.5. The van der Waals surface area contributed by atoms with E-state index in [1.807, 2.05) is 54.9 Å². The fourth-order valence-corrected chi connectivity index (χ4v) is 6.02. The van der Waals surface area contributed by atoms with Crippen molar-refractivity contribution in [2.45, 2.75) is 25.7 Å². The third kappa shape index (κ3) is 8.12. The second-order valence-electron chi connectivity index (χ2n) is 11.6. The van der Waals surface area contributed by atoms with Crippen molar-refractivity contribution in [2.24, 2.45) is 0 Å². The highest BCUT2D eigenvalue weighted by Crippen LogP contribution is 2.34. The van der Waals surface area contributed by atoms with Gasteiger partial charge >= 0.3 is 0 Å². The van der Waals surface area contributed by atoms with Crippen LogP contribution in [0.3, 0.4) is 0 Å². The monoisotopic (exact) mass is 717 g/mol. The quantitative estimate of drug-likeness (QED) is 0.0839. The van der Waals surface area contributed by atoms with Crippen molar-refractivity contribution in [1.82, 2.24) is 25.4 Å². The SMILES string of the molecule is CO[n+]1ccc(CN(Cc2cc[n+](O)cc2)Cc2ccc(-c3cn[nH]c3-c3c[nH]c(C(=O)N[C@H](CO)c4ccc(F)c(Cl)c4)c3)cc2Cl)cc1. The minimum absolute atomic E-state index is 0.101. The maximum Gasteiger partial charge on any atom is 0.268 e. The van der Waals surface area contributed by atoms with Crippen LogP contribution in [0.25, 0.3) is 22.4 Å². The van der Waals surface area contributed by atoms with E-state index in [1.54, 1.807) is 42.7 Å². The summed E-state index contributed by atoms with van der Waals surface area (Å²) < 4.78 is 16.3. The van der Waals surface area contributed by atoms with Gasteiger partial charge in [-0.1, -0.05) is 41.4 Å². The van der Waals surface area contributed by atoms with E-state index in [-0.39, 0.29) is 10.7 Å². The molecule has 0 aliphatic rings. The number of H-pyrrole nitrogens is 2. The topological polar surface area (TPSA) is 134 Å². The number of halogens is 3. The van der Waals surface area contributed by atoms with Crippen LogP contribution in [0.1, 0.15) is 38.8 Å². The molecule has 11 nitrogen and oxygen atoms in total. The van der Waals surface area contributed by atoms with E-state index in [0.717, 1.165) is 32.5 Å². The highest BCUT2D eigenvalue weighted by molar-refractivity contribution is 6.31. The van der Waals surface area contributed by atoms with Gasteiger partial charge in [-0.05, 0) is 52.1 Å². The molecule has 2 aromatic carbocycles. The number of benzene rings is 2. The predicted molar refractivity (Wildman–Crippen MR) is 183 cm³/mol. The molecular formula is C36H34Cl2FN7O4+2. The molecule has 0 radical (unpaired) electrons. The average molecular weight is 719 g/mol. The molecule has 0 saturated carbocycles. The molecule has 0 bridgehead atoms. The number of hydrogen-bond acceptors (Lipinski definition) is 6. The molecule has 6 aromatic rings. The number of nitrogens with zero attached hydrogens (tertiary/aromatic N) is 4. The minimum atomic E-state index is -0.790. The molecule has 256 valence electrons. The van der Waals surface area contributed by atoms with Crippen LogP contribution in [0.5, 0.6) is 0 Å². The van der Waals surface area contributed by atoms with Gasteiger partial charge in [0.05, 0.1) is 29.6 Å². The smallest absolute Gasteiger partial charge is 0.268 e. The summed E-state index contributed by atoms with van der Waals surface area (Å²) in [6.45, 7) is 1.41. The van der Waals surface area contributed by atoms with Crippen LogP contribution in [0.15, 0.2) is 104 Å². The Morgan fingerprint density at radius 1 is 0.960 bits per heavy atom. The van der Waals surface area contributed by atoms with Crippen LogP contribution in [0.2, 0.25) is 10.0 Å². The molecule has 0 aliphatic carbocycles. The van der Waals surface area contributed by atoms with E-state index >= 15 is 0 Å². The average Bonchev–Trinajstić information content (AvgIpc) is 3.81. The van der Waals surface area contributed by atoms with Crippen molar-refractivity contribution in [2.75, 3.05) is 13.7 Å². The van der Waals surface area contributed by atoms with Crippen molar-refractivity contribution < 1.29 is 33.8 Å². The van der Waals surface area contributed by atoms with Gasteiger partial charge in [0.15, 0.2) is 0 Å². The van der Waals surface area contributed by atoms with Crippen LogP contribution in [-0.4, -0.2) is 50.0 Å². The van der Waals surface area contributed by atoms with Crippen LogP contribution < -0.4 is 19.6 Å². The molecule has 4 heterocycles. The Balaban J connectivity index is 1.19. The van der Waals surface area contributed by atoms with Gasteiger partial charge in [-0.15, -0.1) is 0 Å². The van der Waals surface area contributed by atoms with Crippen LogP contribution in [0, 0.1) is 5.82 Å². The number of aliphatic hydroxyl groups excluding tert-OH is 1. The van der Waals surface area contributed by atoms with Crippen molar-refractivity contribution in [1.29, 1.82) is 0 Å². The second kappa shape index (κ2) is 15.5. The molecule has 6 rings (SSSR count). The number of carbonyl (C=O) groups is 1. The number of hydrogen-bond donors (Lipinski definition) is 5. The Morgan fingerprint density at radius 3 is 2.34 bits per heavy atom. The summed E-state index contributed by atoms with van der Waals surface area (Å²) in [5.41, 5.74) is 6.75. The van der Waals surface area contributed by atoms with Gasteiger partial charge in [0.25, 0.3) is 5.91 Å². The molecule has 4 aromatic heterocycles. The highest BCUT2D eigenvalue weighted by Gasteiger charge is 2.20. The van der Waals surface area contributed by atoms with E-state index < -0.39 is 24.4 Å². The summed E-state index contributed by atoms with van der Waals surface area (Å²) in [6.07, 6.45) is 10.3. The largest absolute Gasteiger partial charge is 0.394 e. The zero-order valence-electron chi connectivity index (χ0n) is 26.9. The number of amides is 1. The predicted octanol–water partition coefficient (Wildman–Crippen LogP) is 5.05. The zero-order chi connectivity index (χ0) is 35.2. The molecule has 1 amide bonds. The van der Waals surface area contributed by atoms with Crippen molar-refractivity contribution in [3.63, 3.8) is 0 Å². The summed E-state index contributed by atoms with van der Waals surface area (Å²) in [5, 5.41) is 30.1. The van der Waals surface area contributed by atoms with E-state index in [9.17, 15) is 19.5 Å². The first-order chi connectivity index (χ1) is 24.2. The number of rotatable bonds is 13. The van der Waals surface area contributed by atoms with Gasteiger partial charge in [-0.3, -0.25) is 24.8 Å². The van der Waals surface area contributed by atoms with Gasteiger partial charge in [-0.2, -0.15) is 5.10 Å². The lowest BCUT2D eigenvalue weighted by molar-refractivity contribution is -0.904. The van der Waals surface area contributed by atoms with Crippen LogP contribution >= 0.6 is 23.2 Å². The normalized spacial score (nSPS) is 11.9. The van der Waals surface area contributed by atoms with Crippen molar-refractivity contribution in [3.8, 4) is 22.4 Å². The van der Waals surface area contributed by atoms with E-state index in [0.29, 0.717) is 41.5 Å². The standard InChI is InChI=1S/C36H33Cl2FN7O4/c1-50-46-12-8-24(9-13-46)20-44(19-23-6-10-45(49)11-7-23)21-27-3-2-25(14-30(27)37)29-18-41-43-35(29)28-16-33(40-17-28)36(48)42-34(22-47)26-4-5-32(39)31(38)15-26/h2-18,34,47H,19-22H2,1H3,(H3-,40,41,42,43,48,49)/q+1/p+1/t34-/m1/s1. The fourth-order valence-electron chi connectivity index (χ4n) is 5.59. The minimum Gasteiger partial charge on any atom is -0.394 e. The summed E-state index contributed by atoms with van der Waals surface area (Å²) in [7, 11) is 1.60. The number of carbonyl (C=O) groups excluding carboxylic acids is 1. The Labute approximate surface area is 297 Å². The zero-order valence-corrected chi connectivity index (χ0v) is 28.4. The van der Waals surface area contributed by atoms with Crippen molar-refractivity contribution in [3.05, 3.63) is 148 Å². The first-order valence-electron chi connectivity index (χ1n) is 15.5. The molecule has 0 aliphatic heterocycles. The Morgan fingerprint density at radius 2 is 1.68 bits per heavy atom. The van der Waals surface area contributed by atoms with E-state index in [1.165, 1.54) is 18.2 Å². The lowest BCUT2D eigenvalue weighted by atomic mass is 10.0. The van der Waals surface area contributed by atoms with Crippen molar-refractivity contribution >= 4 is 29.1 Å². The Bertz CT molecular complexity index is 2090. The molecule has 0 unspecified atom stereocenters. The molecule has 1 atom stereocenters. The molecule has 0 saturated heterocycles. The second-order valence-corrected chi connectivity index (χ2v) is 12.4. The van der Waals surface area contributed by atoms with Gasteiger partial charge in [0, 0.05) is 75.7 Å². The van der Waals surface area contributed by atoms with Gasteiger partial charge < -0.3 is 15.4 Å². The number of aromatic nitrogens is 5. The third-order valence-corrected chi connectivity index (χ3v) is 8.87. The maximum absolute atomic E-state index is 13.6. The summed E-state index contributed by atoms with van der Waals surface area (Å²) in [5.74, 6) is -1.05. The van der Waals surface area contributed by atoms with E-state index in [2.05, 4.69) is 25.4 Å². The Hall–Kier alpha value is -5.27. The molecule has 0 spiro atoms. The summed E-state index contributed by atoms with van der Waals surface area (Å²) >= 11 is 12.8. The van der Waals surface area contributed by atoms with Crippen LogP contribution in [-0.2, 0) is 19.6 Å². The molecule has 5 N–H and O–H groups in total. The first-order valence-corrected chi connectivity index (χ1v) is 16.3. The third-order valence-electron chi connectivity index (χ3n) is 8.22. The van der Waals surface area contributed by atoms with Gasteiger partial charge in [-0.25, -0.2) is 4.39 Å². The molecular weight excluding hydrogens is 684 g/mol. The molecule has 0 fully saturated rings. The number of aliphatic hydroxyl groups is 1.